The second-order valence-electron chi connectivity index (χ2n) is 5.49. The molecule has 12 nitrogen and oxygen atoms in total. The van der Waals surface area contributed by atoms with E-state index in [-0.39, 0.29) is 17.1 Å². The number of hydrogen-bond acceptors (Lipinski definition) is 8. The number of imidazole rings is 1. The van der Waals surface area contributed by atoms with Crippen LogP contribution in [0, 0.1) is 5.92 Å². The first-order valence-electron chi connectivity index (χ1n) is 6.96. The van der Waals surface area contributed by atoms with E-state index in [1.54, 1.807) is 0 Å². The number of ether oxygens (including phenoxy) is 1. The predicted molar refractivity (Wildman–Crippen MR) is 77.2 cm³/mol. The van der Waals surface area contributed by atoms with Crippen molar-refractivity contribution in [2.45, 2.75) is 24.2 Å². The lowest BCUT2D eigenvalue weighted by molar-refractivity contribution is -0.210. The number of nitrogens with zero attached hydrogens (tertiary/aromatic N) is 6. The van der Waals surface area contributed by atoms with Gasteiger partial charge in [0.2, 0.25) is 5.95 Å². The Balaban J connectivity index is 2.22. The molecule has 2 aromatic rings. The average Bonchev–Trinajstić information content (AvgIpc) is 3.07. The Morgan fingerprint density at radius 1 is 1.58 bits per heavy atom. The number of nitrogens with one attached hydrogen (secondary N) is 1. The van der Waals surface area contributed by atoms with Gasteiger partial charge in [-0.25, -0.2) is 4.98 Å². The number of nitrogen functional groups attached to an aromatic ring is 1. The normalized spacial score (nSPS) is 29.0. The summed E-state index contributed by atoms with van der Waals surface area (Å²) < 4.78 is 46.4. The van der Waals surface area contributed by atoms with Gasteiger partial charge in [0, 0.05) is 4.91 Å². The van der Waals surface area contributed by atoms with E-state index in [0.717, 1.165) is 10.9 Å². The Hall–Kier alpha value is -2.87. The highest BCUT2D eigenvalue weighted by Crippen LogP contribution is 2.50. The van der Waals surface area contributed by atoms with E-state index in [0.29, 0.717) is 0 Å². The van der Waals surface area contributed by atoms with Crippen LogP contribution in [0.3, 0.4) is 0 Å². The van der Waals surface area contributed by atoms with Gasteiger partial charge in [0.25, 0.3) is 5.56 Å². The fourth-order valence-corrected chi connectivity index (χ4v) is 2.81. The van der Waals surface area contributed by atoms with Crippen molar-refractivity contribution in [3.63, 3.8) is 0 Å². The molecular formula is C11H11F3N8O4. The third kappa shape index (κ3) is 2.53. The summed E-state index contributed by atoms with van der Waals surface area (Å²) in [6.45, 7) is -1.22. The summed E-state index contributed by atoms with van der Waals surface area (Å²) in [6.07, 6.45) is -8.63. The van der Waals surface area contributed by atoms with Crippen LogP contribution in [-0.2, 0) is 4.74 Å². The standard InChI is InChI=1S/C11H11F3N8O4/c12-11(13,14)3-5(24)10(1-23,20-21-16)26-8(3)22-2-17-4-6(22)18-9(15)19-7(4)25/h2-3,5,8,23-24H,1H2,(H3,15,18,19,25)/t3?,5-,8+,10+/m0/s1. The quantitative estimate of drug-likeness (QED) is 0.323. The van der Waals surface area contributed by atoms with E-state index in [9.17, 15) is 28.2 Å². The second-order valence-corrected chi connectivity index (χ2v) is 5.49. The Labute approximate surface area is 140 Å². The van der Waals surface area contributed by atoms with Crippen molar-refractivity contribution in [1.29, 1.82) is 0 Å². The topological polar surface area (TPSA) is 188 Å². The zero-order chi connectivity index (χ0) is 19.3. The molecule has 1 aliphatic rings. The van der Waals surface area contributed by atoms with Crippen molar-refractivity contribution in [2.24, 2.45) is 11.0 Å². The molecule has 3 rings (SSSR count). The summed E-state index contributed by atoms with van der Waals surface area (Å²) in [5, 5.41) is 22.5. The lowest BCUT2D eigenvalue weighted by Gasteiger charge is -2.25. The largest absolute Gasteiger partial charge is 0.398 e. The van der Waals surface area contributed by atoms with Crippen LogP contribution in [0.5, 0.6) is 0 Å². The number of H-pyrrole nitrogens is 1. The monoisotopic (exact) mass is 376 g/mol. The molecular weight excluding hydrogens is 365 g/mol. The molecule has 15 heteroatoms. The molecule has 140 valence electrons. The number of nitrogens with two attached hydrogens (primary N) is 1. The molecule has 0 bridgehead atoms. The van der Waals surface area contributed by atoms with Gasteiger partial charge in [0.15, 0.2) is 23.1 Å². The lowest BCUT2D eigenvalue weighted by atomic mass is 9.95. The average molecular weight is 376 g/mol. The maximum atomic E-state index is 13.5. The minimum absolute atomic E-state index is 0.316. The number of fused-ring (bicyclic) bond motifs is 1. The number of rotatable bonds is 3. The van der Waals surface area contributed by atoms with Crippen LogP contribution in [-0.4, -0.2) is 54.3 Å². The van der Waals surface area contributed by atoms with Gasteiger partial charge in [0.05, 0.1) is 12.9 Å². The number of alkyl halides is 3. The Morgan fingerprint density at radius 3 is 2.85 bits per heavy atom. The predicted octanol–water partition coefficient (Wildman–Crippen LogP) is -0.231. The molecule has 4 atom stereocenters. The number of anilines is 1. The number of aromatic nitrogens is 4. The van der Waals surface area contributed by atoms with E-state index in [2.05, 4.69) is 25.0 Å². The van der Waals surface area contributed by atoms with Crippen LogP contribution in [0.25, 0.3) is 21.6 Å². The molecule has 0 amide bonds. The molecule has 5 N–H and O–H groups in total. The molecule has 0 spiro atoms. The molecule has 1 fully saturated rings. The van der Waals surface area contributed by atoms with E-state index >= 15 is 0 Å². The fraction of sp³-hybridized carbons (Fsp3) is 0.545. The van der Waals surface area contributed by atoms with Crippen LogP contribution in [0.2, 0.25) is 0 Å². The van der Waals surface area contributed by atoms with Crippen LogP contribution in [0.1, 0.15) is 6.23 Å². The summed E-state index contributed by atoms with van der Waals surface area (Å²) in [7, 11) is 0. The summed E-state index contributed by atoms with van der Waals surface area (Å²) in [4.78, 5) is 23.6. The summed E-state index contributed by atoms with van der Waals surface area (Å²) in [5.41, 5.74) is 9.94. The molecule has 1 aliphatic heterocycles. The minimum Gasteiger partial charge on any atom is -0.393 e. The first kappa shape index (κ1) is 17.9. The van der Waals surface area contributed by atoms with E-state index in [4.69, 9.17) is 16.0 Å². The van der Waals surface area contributed by atoms with Crippen molar-refractivity contribution in [3.8, 4) is 0 Å². The summed E-state index contributed by atoms with van der Waals surface area (Å²) in [6, 6.07) is 0. The molecule has 0 saturated carbocycles. The highest BCUT2D eigenvalue weighted by atomic mass is 19.4. The first-order chi connectivity index (χ1) is 12.1. The van der Waals surface area contributed by atoms with Crippen molar-refractivity contribution < 1.29 is 28.1 Å². The maximum absolute atomic E-state index is 13.5. The minimum atomic E-state index is -5.02. The van der Waals surface area contributed by atoms with E-state index in [1.165, 1.54) is 0 Å². The summed E-state index contributed by atoms with van der Waals surface area (Å²) >= 11 is 0. The van der Waals surface area contributed by atoms with Gasteiger partial charge in [-0.1, -0.05) is 5.11 Å². The van der Waals surface area contributed by atoms with Crippen molar-refractivity contribution in [1.82, 2.24) is 19.5 Å². The molecule has 0 radical (unpaired) electrons. The highest BCUT2D eigenvalue weighted by molar-refractivity contribution is 5.70. The van der Waals surface area contributed by atoms with Crippen molar-refractivity contribution >= 4 is 17.1 Å². The van der Waals surface area contributed by atoms with Gasteiger partial charge in [-0.2, -0.15) is 18.2 Å². The molecule has 0 aromatic carbocycles. The fourth-order valence-electron chi connectivity index (χ4n) is 2.81. The molecule has 0 aliphatic carbocycles. The lowest BCUT2D eigenvalue weighted by Crippen LogP contribution is -2.46. The number of aliphatic hydroxyl groups is 2. The third-order valence-electron chi connectivity index (χ3n) is 3.98. The van der Waals surface area contributed by atoms with Gasteiger partial charge < -0.3 is 20.7 Å². The highest BCUT2D eigenvalue weighted by Gasteiger charge is 2.64. The number of azide groups is 1. The number of aliphatic hydroxyl groups excluding tert-OH is 2. The second kappa shape index (κ2) is 5.84. The zero-order valence-electron chi connectivity index (χ0n) is 12.6. The number of hydrogen-bond donors (Lipinski definition) is 4. The molecule has 26 heavy (non-hydrogen) atoms. The SMILES string of the molecule is [N-]=[N+]=N[C@]1(CO)O[C@@H](n2cnc3c(=O)[nH]c(N)nc32)C(C(F)(F)F)[C@@H]1O. The van der Waals surface area contributed by atoms with Crippen molar-refractivity contribution in [2.75, 3.05) is 12.3 Å². The Morgan fingerprint density at radius 2 is 2.27 bits per heavy atom. The van der Waals surface area contributed by atoms with Gasteiger partial charge in [-0.3, -0.25) is 14.3 Å². The smallest absolute Gasteiger partial charge is 0.393 e. The van der Waals surface area contributed by atoms with Gasteiger partial charge in [-0.05, 0) is 5.53 Å². The number of aromatic amines is 1. The van der Waals surface area contributed by atoms with Crippen LogP contribution >= 0.6 is 0 Å². The maximum Gasteiger partial charge on any atom is 0.398 e. The number of halogens is 3. The third-order valence-corrected chi connectivity index (χ3v) is 3.98. The molecule has 1 unspecified atom stereocenters. The van der Waals surface area contributed by atoms with Gasteiger partial charge in [0.1, 0.15) is 12.0 Å². The van der Waals surface area contributed by atoms with Crippen LogP contribution < -0.4 is 11.3 Å². The Bertz CT molecular complexity index is 951. The molecule has 1 saturated heterocycles. The van der Waals surface area contributed by atoms with E-state index < -0.39 is 42.3 Å². The zero-order valence-corrected chi connectivity index (χ0v) is 12.6. The molecule has 2 aromatic heterocycles. The van der Waals surface area contributed by atoms with Crippen LogP contribution in [0.15, 0.2) is 16.2 Å². The van der Waals surface area contributed by atoms with Gasteiger partial charge in [-0.15, -0.1) is 0 Å². The van der Waals surface area contributed by atoms with Crippen LogP contribution in [0.4, 0.5) is 19.1 Å². The molecule has 3 heterocycles. The first-order valence-corrected chi connectivity index (χ1v) is 6.96. The van der Waals surface area contributed by atoms with Gasteiger partial charge >= 0.3 is 6.18 Å². The summed E-state index contributed by atoms with van der Waals surface area (Å²) in [5.74, 6) is -2.99. The van der Waals surface area contributed by atoms with Crippen molar-refractivity contribution in [3.05, 3.63) is 27.1 Å². The Kier molecular flexibility index (Phi) is 4.03. The van der Waals surface area contributed by atoms with E-state index in [1.807, 2.05) is 0 Å².